The summed E-state index contributed by atoms with van der Waals surface area (Å²) in [7, 11) is 0. The van der Waals surface area contributed by atoms with Gasteiger partial charge in [0.2, 0.25) is 0 Å². The molecule has 3 N–H and O–H groups in total. The highest BCUT2D eigenvalue weighted by atomic mass is 35.5. The van der Waals surface area contributed by atoms with Crippen LogP contribution in [0.25, 0.3) is 0 Å². The fourth-order valence-corrected chi connectivity index (χ4v) is 1.86. The van der Waals surface area contributed by atoms with Gasteiger partial charge in [0.25, 0.3) is 5.91 Å². The Morgan fingerprint density at radius 3 is 2.85 bits per heavy atom. The number of benzene rings is 2. The minimum absolute atomic E-state index is 0.111. The lowest BCUT2D eigenvalue weighted by molar-refractivity contribution is -0.118. The Labute approximate surface area is 122 Å². The third-order valence-electron chi connectivity index (χ3n) is 2.64. The molecule has 0 unspecified atom stereocenters. The zero-order valence-electron chi connectivity index (χ0n) is 11.0. The monoisotopic (exact) mass is 290 g/mol. The molecule has 0 saturated heterocycles. The molecule has 20 heavy (non-hydrogen) atoms. The molecule has 0 atom stereocenters. The van der Waals surface area contributed by atoms with E-state index < -0.39 is 0 Å². The summed E-state index contributed by atoms with van der Waals surface area (Å²) in [5, 5.41) is 3.26. The second-order valence-electron chi connectivity index (χ2n) is 4.39. The third kappa shape index (κ3) is 3.90. The quantitative estimate of drug-likeness (QED) is 0.850. The van der Waals surface area contributed by atoms with Crippen LogP contribution in [0, 0.1) is 6.92 Å². The smallest absolute Gasteiger partial charge is 0.262 e. The van der Waals surface area contributed by atoms with Crippen LogP contribution in [0.1, 0.15) is 5.56 Å². The maximum Gasteiger partial charge on any atom is 0.262 e. The first-order valence-corrected chi connectivity index (χ1v) is 6.47. The van der Waals surface area contributed by atoms with Crippen LogP contribution in [0.3, 0.4) is 0 Å². The van der Waals surface area contributed by atoms with Crippen molar-refractivity contribution in [2.24, 2.45) is 0 Å². The SMILES string of the molecule is Cc1ccc(N)c(OCC(=O)Nc2cccc(Cl)c2)c1. The van der Waals surface area contributed by atoms with Gasteiger partial charge in [-0.05, 0) is 42.8 Å². The molecular weight excluding hydrogens is 276 g/mol. The van der Waals surface area contributed by atoms with E-state index in [1.165, 1.54) is 0 Å². The summed E-state index contributed by atoms with van der Waals surface area (Å²) < 4.78 is 5.41. The van der Waals surface area contributed by atoms with Crippen LogP contribution in [0.4, 0.5) is 11.4 Å². The summed E-state index contributed by atoms with van der Waals surface area (Å²) >= 11 is 5.84. The van der Waals surface area contributed by atoms with Gasteiger partial charge in [-0.1, -0.05) is 23.7 Å². The minimum atomic E-state index is -0.270. The highest BCUT2D eigenvalue weighted by Gasteiger charge is 2.06. The number of halogens is 1. The molecular formula is C15H15ClN2O2. The highest BCUT2D eigenvalue weighted by Crippen LogP contribution is 2.22. The molecule has 1 amide bonds. The van der Waals surface area contributed by atoms with E-state index in [4.69, 9.17) is 22.1 Å². The average molecular weight is 291 g/mol. The van der Waals surface area contributed by atoms with Gasteiger partial charge in [0.1, 0.15) is 5.75 Å². The lowest BCUT2D eigenvalue weighted by Crippen LogP contribution is -2.20. The number of hydrogen-bond acceptors (Lipinski definition) is 3. The van der Waals surface area contributed by atoms with Gasteiger partial charge in [-0.25, -0.2) is 0 Å². The molecule has 0 aliphatic carbocycles. The van der Waals surface area contributed by atoms with Gasteiger partial charge in [0, 0.05) is 10.7 Å². The van der Waals surface area contributed by atoms with Crippen LogP contribution in [0.5, 0.6) is 5.75 Å². The Morgan fingerprint density at radius 2 is 2.10 bits per heavy atom. The van der Waals surface area contributed by atoms with Crippen molar-refractivity contribution in [1.82, 2.24) is 0 Å². The Kier molecular flexibility index (Phi) is 4.48. The molecule has 2 aromatic carbocycles. The number of ether oxygens (including phenoxy) is 1. The second-order valence-corrected chi connectivity index (χ2v) is 4.82. The van der Waals surface area contributed by atoms with Crippen LogP contribution in [-0.4, -0.2) is 12.5 Å². The van der Waals surface area contributed by atoms with E-state index >= 15 is 0 Å². The molecule has 104 valence electrons. The molecule has 0 radical (unpaired) electrons. The van der Waals surface area contributed by atoms with E-state index in [1.807, 2.05) is 13.0 Å². The third-order valence-corrected chi connectivity index (χ3v) is 2.87. The lowest BCUT2D eigenvalue weighted by atomic mass is 10.2. The van der Waals surface area contributed by atoms with Crippen LogP contribution in [0.15, 0.2) is 42.5 Å². The van der Waals surface area contributed by atoms with Gasteiger partial charge in [0.15, 0.2) is 6.61 Å². The Balaban J connectivity index is 1.94. The Bertz CT molecular complexity index is 629. The summed E-state index contributed by atoms with van der Waals surface area (Å²) in [5.41, 5.74) is 7.93. The molecule has 0 fully saturated rings. The van der Waals surface area contributed by atoms with E-state index in [0.29, 0.717) is 22.1 Å². The van der Waals surface area contributed by atoms with Crippen LogP contribution < -0.4 is 15.8 Å². The van der Waals surface area contributed by atoms with E-state index in [1.54, 1.807) is 36.4 Å². The molecule has 2 rings (SSSR count). The van der Waals surface area contributed by atoms with Crippen molar-refractivity contribution in [3.05, 3.63) is 53.1 Å². The minimum Gasteiger partial charge on any atom is -0.482 e. The van der Waals surface area contributed by atoms with Crippen LogP contribution in [0.2, 0.25) is 5.02 Å². The number of amides is 1. The standard InChI is InChI=1S/C15H15ClN2O2/c1-10-5-6-13(17)14(7-10)20-9-15(19)18-12-4-2-3-11(16)8-12/h2-8H,9,17H2,1H3,(H,18,19). The summed E-state index contributed by atoms with van der Waals surface area (Å²) in [5.74, 6) is 0.236. The van der Waals surface area contributed by atoms with Crippen molar-refractivity contribution in [3.63, 3.8) is 0 Å². The van der Waals surface area contributed by atoms with Gasteiger partial charge < -0.3 is 15.8 Å². The molecule has 4 nitrogen and oxygen atoms in total. The lowest BCUT2D eigenvalue weighted by Gasteiger charge is -2.10. The van der Waals surface area contributed by atoms with Gasteiger partial charge in [-0.3, -0.25) is 4.79 Å². The van der Waals surface area contributed by atoms with Gasteiger partial charge >= 0.3 is 0 Å². The van der Waals surface area contributed by atoms with Crippen molar-refractivity contribution in [1.29, 1.82) is 0 Å². The predicted molar refractivity (Wildman–Crippen MR) is 81.2 cm³/mol. The number of aryl methyl sites for hydroxylation is 1. The van der Waals surface area contributed by atoms with Crippen molar-refractivity contribution in [2.75, 3.05) is 17.7 Å². The van der Waals surface area contributed by atoms with Crippen molar-refractivity contribution >= 4 is 28.9 Å². The Hall–Kier alpha value is -2.20. The van der Waals surface area contributed by atoms with E-state index in [-0.39, 0.29) is 12.5 Å². The molecule has 0 aromatic heterocycles. The molecule has 0 aliphatic rings. The molecule has 0 spiro atoms. The first-order valence-electron chi connectivity index (χ1n) is 6.09. The van der Waals surface area contributed by atoms with Gasteiger partial charge in [-0.15, -0.1) is 0 Å². The number of nitrogen functional groups attached to an aromatic ring is 1. The predicted octanol–water partition coefficient (Wildman–Crippen LogP) is 3.25. The summed E-state index contributed by atoms with van der Waals surface area (Å²) in [6, 6.07) is 12.3. The molecule has 0 heterocycles. The average Bonchev–Trinajstić information content (AvgIpc) is 2.40. The number of anilines is 2. The summed E-state index contributed by atoms with van der Waals surface area (Å²) in [6.07, 6.45) is 0. The van der Waals surface area contributed by atoms with Crippen molar-refractivity contribution < 1.29 is 9.53 Å². The van der Waals surface area contributed by atoms with Crippen LogP contribution in [-0.2, 0) is 4.79 Å². The zero-order valence-corrected chi connectivity index (χ0v) is 11.8. The maximum atomic E-state index is 11.8. The topological polar surface area (TPSA) is 64.3 Å². The van der Waals surface area contributed by atoms with Crippen molar-refractivity contribution in [2.45, 2.75) is 6.92 Å². The Morgan fingerprint density at radius 1 is 1.30 bits per heavy atom. The van der Waals surface area contributed by atoms with E-state index in [0.717, 1.165) is 5.56 Å². The van der Waals surface area contributed by atoms with Crippen molar-refractivity contribution in [3.8, 4) is 5.75 Å². The largest absolute Gasteiger partial charge is 0.482 e. The number of carbonyl (C=O) groups is 1. The first-order chi connectivity index (χ1) is 9.54. The maximum absolute atomic E-state index is 11.8. The van der Waals surface area contributed by atoms with E-state index in [2.05, 4.69) is 5.32 Å². The first kappa shape index (κ1) is 14.2. The molecule has 0 aliphatic heterocycles. The fourth-order valence-electron chi connectivity index (χ4n) is 1.67. The van der Waals surface area contributed by atoms with E-state index in [9.17, 15) is 4.79 Å². The molecule has 5 heteroatoms. The summed E-state index contributed by atoms with van der Waals surface area (Å²) in [4.78, 5) is 11.8. The zero-order chi connectivity index (χ0) is 14.5. The number of nitrogens with one attached hydrogen (secondary N) is 1. The molecule has 0 saturated carbocycles. The molecule has 0 bridgehead atoms. The fraction of sp³-hybridized carbons (Fsp3) is 0.133. The molecule has 2 aromatic rings. The number of carbonyl (C=O) groups excluding carboxylic acids is 1. The summed E-state index contributed by atoms with van der Waals surface area (Å²) in [6.45, 7) is 1.82. The van der Waals surface area contributed by atoms with Crippen LogP contribution >= 0.6 is 11.6 Å². The van der Waals surface area contributed by atoms with Gasteiger partial charge in [0.05, 0.1) is 5.69 Å². The number of rotatable bonds is 4. The second kappa shape index (κ2) is 6.30. The number of hydrogen-bond donors (Lipinski definition) is 2. The highest BCUT2D eigenvalue weighted by molar-refractivity contribution is 6.30. The van der Waals surface area contributed by atoms with Gasteiger partial charge in [-0.2, -0.15) is 0 Å². The normalized spacial score (nSPS) is 10.1. The number of nitrogens with two attached hydrogens (primary N) is 1.